The zero-order valence-corrected chi connectivity index (χ0v) is 11.1. The molecule has 0 aliphatic heterocycles. The molecule has 0 radical (unpaired) electrons. The Morgan fingerprint density at radius 2 is 2.39 bits per heavy atom. The molecule has 5 heteroatoms. The number of methoxy groups -OCH3 is 1. The molecule has 0 unspecified atom stereocenters. The largest absolute Gasteiger partial charge is 0.384 e. The third-order valence-electron chi connectivity index (χ3n) is 3.58. The van der Waals surface area contributed by atoms with Crippen LogP contribution in [0.25, 0.3) is 0 Å². The van der Waals surface area contributed by atoms with Gasteiger partial charge in [-0.1, -0.05) is 6.92 Å². The summed E-state index contributed by atoms with van der Waals surface area (Å²) in [6.45, 7) is 3.43. The lowest BCUT2D eigenvalue weighted by Crippen LogP contribution is -2.37. The lowest BCUT2D eigenvalue weighted by atomic mass is 10.1. The molecule has 0 saturated heterocycles. The van der Waals surface area contributed by atoms with Crippen LogP contribution in [0.4, 0.5) is 0 Å². The van der Waals surface area contributed by atoms with Crippen LogP contribution in [0.15, 0.2) is 18.5 Å². The van der Waals surface area contributed by atoms with E-state index in [0.29, 0.717) is 6.54 Å². The second-order valence-electron chi connectivity index (χ2n) is 5.06. The van der Waals surface area contributed by atoms with E-state index < -0.39 is 0 Å². The van der Waals surface area contributed by atoms with Crippen LogP contribution < -0.4 is 5.32 Å². The van der Waals surface area contributed by atoms with Crippen LogP contribution in [0.3, 0.4) is 0 Å². The minimum atomic E-state index is -0.210. The summed E-state index contributed by atoms with van der Waals surface area (Å²) in [5.41, 5.74) is 0.187. The first kappa shape index (κ1) is 13.1. The number of amides is 1. The molecule has 2 rings (SSSR count). The third kappa shape index (κ3) is 2.90. The highest BCUT2D eigenvalue weighted by molar-refractivity contribution is 5.80. The molecule has 1 N–H and O–H groups in total. The minimum absolute atomic E-state index is 0.0450. The fraction of sp³-hybridized carbons (Fsp3) is 0.692. The van der Waals surface area contributed by atoms with Gasteiger partial charge in [-0.3, -0.25) is 9.48 Å². The third-order valence-corrected chi connectivity index (χ3v) is 3.58. The van der Waals surface area contributed by atoms with Crippen molar-refractivity contribution in [3.63, 3.8) is 0 Å². The maximum atomic E-state index is 12.1. The van der Waals surface area contributed by atoms with E-state index in [2.05, 4.69) is 10.4 Å². The van der Waals surface area contributed by atoms with Crippen LogP contribution in [0, 0.1) is 5.41 Å². The number of carbonyl (C=O) groups is 1. The second-order valence-corrected chi connectivity index (χ2v) is 5.06. The Kier molecular flexibility index (Phi) is 4.01. The van der Waals surface area contributed by atoms with Gasteiger partial charge in [0.05, 0.1) is 6.61 Å². The summed E-state index contributed by atoms with van der Waals surface area (Å²) < 4.78 is 6.91. The number of nitrogens with one attached hydrogen (secondary N) is 1. The van der Waals surface area contributed by atoms with E-state index in [1.165, 1.54) is 0 Å². The smallest absolute Gasteiger partial charge is 0.244 e. The Balaban J connectivity index is 1.87. The Hall–Kier alpha value is -1.36. The molecule has 0 spiro atoms. The molecule has 1 atom stereocenters. The Bertz CT molecular complexity index is 385. The van der Waals surface area contributed by atoms with E-state index in [0.717, 1.165) is 25.9 Å². The van der Waals surface area contributed by atoms with Gasteiger partial charge in [-0.05, 0) is 25.3 Å². The van der Waals surface area contributed by atoms with Crippen molar-refractivity contribution >= 4 is 5.91 Å². The normalized spacial score (nSPS) is 18.3. The number of nitrogens with zero attached hydrogens (tertiary/aromatic N) is 2. The van der Waals surface area contributed by atoms with Gasteiger partial charge >= 0.3 is 0 Å². The van der Waals surface area contributed by atoms with Crippen LogP contribution >= 0.6 is 0 Å². The lowest BCUT2D eigenvalue weighted by Gasteiger charge is -2.19. The van der Waals surface area contributed by atoms with Crippen molar-refractivity contribution in [3.8, 4) is 0 Å². The van der Waals surface area contributed by atoms with Gasteiger partial charge in [0.15, 0.2) is 0 Å². The topological polar surface area (TPSA) is 56.1 Å². The van der Waals surface area contributed by atoms with E-state index in [1.807, 2.05) is 19.2 Å². The van der Waals surface area contributed by atoms with Crippen LogP contribution in [0.5, 0.6) is 0 Å². The zero-order chi connectivity index (χ0) is 13.0. The number of ether oxygens (including phenoxy) is 1. The number of carbonyl (C=O) groups excluding carboxylic acids is 1. The standard InChI is InChI=1S/C13H21N3O2/c1-3-11(16-8-4-7-15-16)12(17)14-9-13(5-6-13)10-18-2/h4,7-8,11H,3,5-6,9-10H2,1-2H3,(H,14,17)/t11-/m0/s1. The molecule has 1 saturated carbocycles. The van der Waals surface area contributed by atoms with Crippen molar-refractivity contribution in [1.29, 1.82) is 0 Å². The van der Waals surface area contributed by atoms with Crippen LogP contribution in [-0.2, 0) is 9.53 Å². The van der Waals surface area contributed by atoms with Crippen molar-refractivity contribution < 1.29 is 9.53 Å². The van der Waals surface area contributed by atoms with Crippen LogP contribution in [0.1, 0.15) is 32.2 Å². The quantitative estimate of drug-likeness (QED) is 0.796. The first-order chi connectivity index (χ1) is 8.71. The van der Waals surface area contributed by atoms with Gasteiger partial charge in [0.25, 0.3) is 0 Å². The second kappa shape index (κ2) is 5.52. The van der Waals surface area contributed by atoms with Gasteiger partial charge in [0, 0.05) is 31.5 Å². The fourth-order valence-corrected chi connectivity index (χ4v) is 2.21. The fourth-order valence-electron chi connectivity index (χ4n) is 2.21. The average Bonchev–Trinajstić information content (AvgIpc) is 2.91. The predicted molar refractivity (Wildman–Crippen MR) is 68.1 cm³/mol. The van der Waals surface area contributed by atoms with E-state index in [4.69, 9.17) is 4.74 Å². The summed E-state index contributed by atoms with van der Waals surface area (Å²) >= 11 is 0. The summed E-state index contributed by atoms with van der Waals surface area (Å²) in [4.78, 5) is 12.1. The minimum Gasteiger partial charge on any atom is -0.384 e. The highest BCUT2D eigenvalue weighted by atomic mass is 16.5. The summed E-state index contributed by atoms with van der Waals surface area (Å²) in [7, 11) is 1.71. The summed E-state index contributed by atoms with van der Waals surface area (Å²) in [5.74, 6) is 0.0450. The van der Waals surface area contributed by atoms with Gasteiger partial charge in [0.1, 0.15) is 6.04 Å². The molecule has 0 bridgehead atoms. The van der Waals surface area contributed by atoms with Crippen molar-refractivity contribution in [1.82, 2.24) is 15.1 Å². The molecular weight excluding hydrogens is 230 g/mol. The summed E-state index contributed by atoms with van der Waals surface area (Å²) in [6, 6.07) is 1.63. The van der Waals surface area contributed by atoms with Gasteiger partial charge in [0.2, 0.25) is 5.91 Å². The molecule has 1 aliphatic carbocycles. The van der Waals surface area contributed by atoms with E-state index in [9.17, 15) is 4.79 Å². The van der Waals surface area contributed by atoms with Crippen LogP contribution in [0.2, 0.25) is 0 Å². The van der Waals surface area contributed by atoms with Gasteiger partial charge in [-0.25, -0.2) is 0 Å². The van der Waals surface area contributed by atoms with Crippen LogP contribution in [-0.4, -0.2) is 35.9 Å². The molecule has 18 heavy (non-hydrogen) atoms. The van der Waals surface area contributed by atoms with Gasteiger partial charge in [-0.2, -0.15) is 5.10 Å². The van der Waals surface area contributed by atoms with Crippen molar-refractivity contribution in [2.75, 3.05) is 20.3 Å². The molecule has 1 amide bonds. The molecule has 1 aromatic heterocycles. The Labute approximate surface area is 108 Å². The highest BCUT2D eigenvalue weighted by Gasteiger charge is 2.43. The maximum Gasteiger partial charge on any atom is 0.244 e. The van der Waals surface area contributed by atoms with Gasteiger partial charge in [-0.15, -0.1) is 0 Å². The van der Waals surface area contributed by atoms with Crippen molar-refractivity contribution in [2.24, 2.45) is 5.41 Å². The summed E-state index contributed by atoms with van der Waals surface area (Å²) in [5, 5.41) is 7.17. The number of hydrogen-bond acceptors (Lipinski definition) is 3. The van der Waals surface area contributed by atoms with E-state index in [1.54, 1.807) is 18.0 Å². The Morgan fingerprint density at radius 3 is 2.89 bits per heavy atom. The first-order valence-electron chi connectivity index (χ1n) is 6.46. The molecule has 1 aromatic rings. The molecule has 0 aromatic carbocycles. The lowest BCUT2D eigenvalue weighted by molar-refractivity contribution is -0.125. The molecule has 5 nitrogen and oxygen atoms in total. The SMILES string of the molecule is CC[C@@H](C(=O)NCC1(COC)CC1)n1cccn1. The molecule has 1 fully saturated rings. The summed E-state index contributed by atoms with van der Waals surface area (Å²) in [6.07, 6.45) is 6.54. The van der Waals surface area contributed by atoms with Crippen molar-refractivity contribution in [3.05, 3.63) is 18.5 Å². The van der Waals surface area contributed by atoms with Gasteiger partial charge < -0.3 is 10.1 Å². The van der Waals surface area contributed by atoms with E-state index >= 15 is 0 Å². The Morgan fingerprint density at radius 1 is 1.61 bits per heavy atom. The molecule has 100 valence electrons. The van der Waals surface area contributed by atoms with E-state index in [-0.39, 0.29) is 17.4 Å². The van der Waals surface area contributed by atoms with Crippen molar-refractivity contribution in [2.45, 2.75) is 32.2 Å². The number of aromatic nitrogens is 2. The first-order valence-corrected chi connectivity index (χ1v) is 6.46. The predicted octanol–water partition coefficient (Wildman–Crippen LogP) is 1.38. The molecule has 1 heterocycles. The number of rotatable bonds is 7. The molecule has 1 aliphatic rings. The highest BCUT2D eigenvalue weighted by Crippen LogP contribution is 2.45. The maximum absolute atomic E-state index is 12.1. The number of hydrogen-bond donors (Lipinski definition) is 1. The molecular formula is C13H21N3O2. The monoisotopic (exact) mass is 251 g/mol. The average molecular weight is 251 g/mol. The zero-order valence-electron chi connectivity index (χ0n) is 11.1.